The minimum Gasteiger partial charge on any atom is -0.320 e. The molecule has 0 aliphatic carbocycles. The molecule has 0 saturated carbocycles. The summed E-state index contributed by atoms with van der Waals surface area (Å²) in [5.74, 6) is -0.186. The fraction of sp³-hybridized carbons (Fsp3) is 0.263. The van der Waals surface area contributed by atoms with Gasteiger partial charge in [0.1, 0.15) is 5.69 Å². The number of hydrogen-bond donors (Lipinski definition) is 1. The number of amides is 1. The molecule has 3 aromatic rings. The van der Waals surface area contributed by atoms with Crippen LogP contribution >= 0.6 is 11.8 Å². The molecule has 1 heterocycles. The van der Waals surface area contributed by atoms with E-state index in [0.717, 1.165) is 33.9 Å². The van der Waals surface area contributed by atoms with Crippen LogP contribution in [0.2, 0.25) is 0 Å². The minimum absolute atomic E-state index is 0.0998. The molecule has 27 heavy (non-hydrogen) atoms. The molecule has 0 atom stereocenters. The number of thioether (sulfide) groups is 1. The lowest BCUT2D eigenvalue weighted by Gasteiger charge is -2.09. The molecule has 0 bridgehead atoms. The number of imidazole rings is 1. The number of nitro benzene ring substituents is 1. The zero-order chi connectivity index (χ0) is 19.6. The van der Waals surface area contributed by atoms with E-state index in [1.807, 2.05) is 42.7 Å². The standard InChI is InChI=1S/C19H20N4O3S/c1-4-22-16-8-6-5-7-14(16)21-19(22)27-11-18(24)20-15-9-12(2)13(3)10-17(15)23(25)26/h5-10H,4,11H2,1-3H3,(H,20,24). The number of hydrogen-bond acceptors (Lipinski definition) is 5. The molecular weight excluding hydrogens is 364 g/mol. The highest BCUT2D eigenvalue weighted by Crippen LogP contribution is 2.29. The first-order valence-corrected chi connectivity index (χ1v) is 9.52. The van der Waals surface area contributed by atoms with Gasteiger partial charge in [-0.15, -0.1) is 0 Å². The molecule has 0 radical (unpaired) electrons. The lowest BCUT2D eigenvalue weighted by atomic mass is 10.1. The van der Waals surface area contributed by atoms with Crippen LogP contribution in [0, 0.1) is 24.0 Å². The molecule has 0 fully saturated rings. The fourth-order valence-corrected chi connectivity index (χ4v) is 3.72. The lowest BCUT2D eigenvalue weighted by molar-refractivity contribution is -0.384. The van der Waals surface area contributed by atoms with Crippen LogP contribution in [0.15, 0.2) is 41.6 Å². The van der Waals surface area contributed by atoms with Crippen molar-refractivity contribution in [1.29, 1.82) is 0 Å². The summed E-state index contributed by atoms with van der Waals surface area (Å²) >= 11 is 1.32. The number of aryl methyl sites for hydroxylation is 3. The Hall–Kier alpha value is -2.87. The molecule has 1 N–H and O–H groups in total. The molecule has 0 aliphatic rings. The van der Waals surface area contributed by atoms with Crippen molar-refractivity contribution in [3.05, 3.63) is 57.6 Å². The number of carbonyl (C=O) groups is 1. The largest absolute Gasteiger partial charge is 0.320 e. The van der Waals surface area contributed by atoms with E-state index in [9.17, 15) is 14.9 Å². The maximum Gasteiger partial charge on any atom is 0.293 e. The number of para-hydroxylation sites is 2. The Morgan fingerprint density at radius 3 is 2.67 bits per heavy atom. The Morgan fingerprint density at radius 2 is 1.96 bits per heavy atom. The number of rotatable bonds is 6. The number of aromatic nitrogens is 2. The number of benzene rings is 2. The molecule has 3 rings (SSSR count). The van der Waals surface area contributed by atoms with E-state index < -0.39 is 4.92 Å². The summed E-state index contributed by atoms with van der Waals surface area (Å²) in [7, 11) is 0. The van der Waals surface area contributed by atoms with E-state index in [2.05, 4.69) is 10.3 Å². The highest BCUT2D eigenvalue weighted by molar-refractivity contribution is 7.99. The Labute approximate surface area is 160 Å². The van der Waals surface area contributed by atoms with Crippen molar-refractivity contribution in [1.82, 2.24) is 9.55 Å². The third-order valence-corrected chi connectivity index (χ3v) is 5.33. The average Bonchev–Trinajstić information content (AvgIpc) is 3.00. The number of carbonyl (C=O) groups excluding carboxylic acids is 1. The Bertz CT molecular complexity index is 1030. The van der Waals surface area contributed by atoms with E-state index in [1.54, 1.807) is 13.0 Å². The van der Waals surface area contributed by atoms with Crippen molar-refractivity contribution >= 4 is 40.1 Å². The molecule has 8 heteroatoms. The van der Waals surface area contributed by atoms with Crippen LogP contribution in [0.4, 0.5) is 11.4 Å². The lowest BCUT2D eigenvalue weighted by Crippen LogP contribution is -2.16. The van der Waals surface area contributed by atoms with Crippen LogP contribution in [0.1, 0.15) is 18.1 Å². The minimum atomic E-state index is -0.480. The van der Waals surface area contributed by atoms with Gasteiger partial charge in [0.25, 0.3) is 5.69 Å². The zero-order valence-corrected chi connectivity index (χ0v) is 16.2. The third kappa shape index (κ3) is 3.95. The highest BCUT2D eigenvalue weighted by Gasteiger charge is 2.18. The molecule has 0 unspecified atom stereocenters. The molecule has 2 aromatic carbocycles. The van der Waals surface area contributed by atoms with E-state index >= 15 is 0 Å². The third-order valence-electron chi connectivity index (χ3n) is 4.35. The summed E-state index contributed by atoms with van der Waals surface area (Å²) in [6, 6.07) is 10.9. The average molecular weight is 384 g/mol. The number of nitrogens with zero attached hydrogens (tertiary/aromatic N) is 3. The summed E-state index contributed by atoms with van der Waals surface area (Å²) in [5, 5.41) is 14.7. The first-order chi connectivity index (χ1) is 12.9. The maximum absolute atomic E-state index is 12.4. The van der Waals surface area contributed by atoms with Crippen molar-refractivity contribution < 1.29 is 9.72 Å². The van der Waals surface area contributed by atoms with Gasteiger partial charge in [-0.05, 0) is 50.1 Å². The van der Waals surface area contributed by atoms with Crippen molar-refractivity contribution in [2.45, 2.75) is 32.5 Å². The van der Waals surface area contributed by atoms with Gasteiger partial charge in [0.15, 0.2) is 5.16 Å². The summed E-state index contributed by atoms with van der Waals surface area (Å²) in [4.78, 5) is 27.7. The van der Waals surface area contributed by atoms with Gasteiger partial charge >= 0.3 is 0 Å². The Balaban J connectivity index is 1.76. The van der Waals surface area contributed by atoms with Crippen LogP contribution in [0.25, 0.3) is 11.0 Å². The van der Waals surface area contributed by atoms with Gasteiger partial charge < -0.3 is 9.88 Å². The molecule has 0 spiro atoms. The smallest absolute Gasteiger partial charge is 0.293 e. The first-order valence-electron chi connectivity index (χ1n) is 8.54. The Kier molecular flexibility index (Phi) is 5.46. The van der Waals surface area contributed by atoms with Crippen LogP contribution in [0.3, 0.4) is 0 Å². The first kappa shape index (κ1) is 18.9. The summed E-state index contributed by atoms with van der Waals surface area (Å²) in [6.07, 6.45) is 0. The van der Waals surface area contributed by atoms with Crippen LogP contribution < -0.4 is 5.32 Å². The zero-order valence-electron chi connectivity index (χ0n) is 15.4. The van der Waals surface area contributed by atoms with Gasteiger partial charge in [-0.1, -0.05) is 23.9 Å². The van der Waals surface area contributed by atoms with E-state index in [4.69, 9.17) is 0 Å². The van der Waals surface area contributed by atoms with E-state index in [-0.39, 0.29) is 23.0 Å². The summed E-state index contributed by atoms with van der Waals surface area (Å²) < 4.78 is 2.05. The van der Waals surface area contributed by atoms with Gasteiger partial charge in [-0.2, -0.15) is 0 Å². The molecule has 1 aromatic heterocycles. The van der Waals surface area contributed by atoms with Gasteiger partial charge in [0.05, 0.1) is 21.7 Å². The summed E-state index contributed by atoms with van der Waals surface area (Å²) in [6.45, 7) is 6.43. The van der Waals surface area contributed by atoms with Crippen molar-refractivity contribution in [2.24, 2.45) is 0 Å². The monoisotopic (exact) mass is 384 g/mol. The second-order valence-corrected chi connectivity index (χ2v) is 7.12. The van der Waals surface area contributed by atoms with Crippen LogP contribution in [-0.2, 0) is 11.3 Å². The van der Waals surface area contributed by atoms with Gasteiger partial charge in [-0.25, -0.2) is 4.98 Å². The van der Waals surface area contributed by atoms with Crippen LogP contribution in [0.5, 0.6) is 0 Å². The second-order valence-electron chi connectivity index (χ2n) is 6.17. The molecular formula is C19H20N4O3S. The molecule has 7 nitrogen and oxygen atoms in total. The van der Waals surface area contributed by atoms with Gasteiger partial charge in [-0.3, -0.25) is 14.9 Å². The maximum atomic E-state index is 12.4. The van der Waals surface area contributed by atoms with E-state index in [0.29, 0.717) is 0 Å². The summed E-state index contributed by atoms with van der Waals surface area (Å²) in [5.41, 5.74) is 3.72. The normalized spacial score (nSPS) is 10.9. The van der Waals surface area contributed by atoms with E-state index in [1.165, 1.54) is 17.8 Å². The molecule has 0 saturated heterocycles. The van der Waals surface area contributed by atoms with Crippen molar-refractivity contribution in [3.8, 4) is 0 Å². The fourth-order valence-electron chi connectivity index (χ4n) is 2.84. The van der Waals surface area contributed by atoms with Gasteiger partial charge in [0, 0.05) is 12.6 Å². The molecule has 0 aliphatic heterocycles. The number of nitrogens with one attached hydrogen (secondary N) is 1. The van der Waals surface area contributed by atoms with Crippen molar-refractivity contribution in [3.63, 3.8) is 0 Å². The van der Waals surface area contributed by atoms with Crippen molar-refractivity contribution in [2.75, 3.05) is 11.1 Å². The molecule has 140 valence electrons. The SMILES string of the molecule is CCn1c(SCC(=O)Nc2cc(C)c(C)cc2[N+](=O)[O-])nc2ccccc21. The number of nitro groups is 1. The Morgan fingerprint density at radius 1 is 1.26 bits per heavy atom. The van der Waals surface area contributed by atoms with Gasteiger partial charge in [0.2, 0.25) is 5.91 Å². The second kappa shape index (κ2) is 7.79. The van der Waals surface area contributed by atoms with Crippen LogP contribution in [-0.4, -0.2) is 26.1 Å². The topological polar surface area (TPSA) is 90.1 Å². The number of fused-ring (bicyclic) bond motifs is 1. The quantitative estimate of drug-likeness (QED) is 0.388. The predicted octanol–water partition coefficient (Wildman–Crippen LogP) is 4.31. The molecule has 1 amide bonds. The number of anilines is 1. The highest BCUT2D eigenvalue weighted by atomic mass is 32.2. The predicted molar refractivity (Wildman–Crippen MR) is 107 cm³/mol.